The van der Waals surface area contributed by atoms with E-state index in [1.165, 1.54) is 0 Å². The fourth-order valence-electron chi connectivity index (χ4n) is 4.23. The molecule has 1 saturated heterocycles. The summed E-state index contributed by atoms with van der Waals surface area (Å²) >= 11 is 25.7. The summed E-state index contributed by atoms with van der Waals surface area (Å²) in [5.74, 6) is -0.983. The Balaban J connectivity index is 2.10. The van der Waals surface area contributed by atoms with Crippen LogP contribution < -0.4 is 0 Å². The van der Waals surface area contributed by atoms with Gasteiger partial charge in [0.25, 0.3) is 0 Å². The lowest BCUT2D eigenvalue weighted by atomic mass is 9.62. The fourth-order valence-corrected chi connectivity index (χ4v) is 5.37. The SMILES string of the molecule is COC12C=C(C)C(c3c(Cl)c(Cl)c(Cl)c(Cl)c31)C1(C2)OCCO1. The highest BCUT2D eigenvalue weighted by Gasteiger charge is 2.62. The number of hydrogen-bond donors (Lipinski definition) is 0. The molecule has 0 aromatic heterocycles. The zero-order chi connectivity index (χ0) is 16.6. The highest BCUT2D eigenvalue weighted by Crippen LogP contribution is 2.64. The topological polar surface area (TPSA) is 27.7 Å². The van der Waals surface area contributed by atoms with E-state index in [1.54, 1.807) is 7.11 Å². The summed E-state index contributed by atoms with van der Waals surface area (Å²) in [6, 6.07) is 0. The lowest BCUT2D eigenvalue weighted by molar-refractivity contribution is -0.217. The van der Waals surface area contributed by atoms with Gasteiger partial charge in [0.05, 0.1) is 39.2 Å². The summed E-state index contributed by atoms with van der Waals surface area (Å²) in [6.45, 7) is 3.08. The maximum absolute atomic E-state index is 6.56. The number of rotatable bonds is 1. The minimum absolute atomic E-state index is 0.184. The lowest BCUT2D eigenvalue weighted by Crippen LogP contribution is -2.54. The van der Waals surface area contributed by atoms with Gasteiger partial charge in [-0.2, -0.15) is 0 Å². The van der Waals surface area contributed by atoms with Crippen LogP contribution in [0.4, 0.5) is 0 Å². The van der Waals surface area contributed by atoms with Gasteiger partial charge in [-0.15, -0.1) is 0 Å². The Kier molecular flexibility index (Phi) is 3.76. The number of ether oxygens (including phenoxy) is 3. The van der Waals surface area contributed by atoms with Crippen LogP contribution >= 0.6 is 46.4 Å². The van der Waals surface area contributed by atoms with E-state index < -0.39 is 11.4 Å². The van der Waals surface area contributed by atoms with Crippen LogP contribution in [0.15, 0.2) is 11.6 Å². The molecule has 1 heterocycles. The summed E-state index contributed by atoms with van der Waals surface area (Å²) in [7, 11) is 1.63. The standard InChI is InChI=1S/C16H14Cl4O3/c1-7-5-15(21-2)6-16(22-3-4-23-16)9(7)8-10(15)12(18)14(20)13(19)11(8)17/h5,9H,3-4,6H2,1-2H3. The molecule has 0 amide bonds. The first-order chi connectivity index (χ1) is 10.9. The van der Waals surface area contributed by atoms with Crippen molar-refractivity contribution in [1.82, 2.24) is 0 Å². The van der Waals surface area contributed by atoms with Crippen LogP contribution in [0.25, 0.3) is 0 Å². The van der Waals surface area contributed by atoms with E-state index in [4.69, 9.17) is 60.6 Å². The number of halogens is 4. The Morgan fingerprint density at radius 2 is 1.65 bits per heavy atom. The predicted molar refractivity (Wildman–Crippen MR) is 90.9 cm³/mol. The Morgan fingerprint density at radius 1 is 1.04 bits per heavy atom. The smallest absolute Gasteiger partial charge is 0.182 e. The van der Waals surface area contributed by atoms with E-state index in [9.17, 15) is 0 Å². The van der Waals surface area contributed by atoms with Gasteiger partial charge in [0.15, 0.2) is 5.79 Å². The van der Waals surface area contributed by atoms with E-state index in [1.807, 2.05) is 6.92 Å². The van der Waals surface area contributed by atoms with Gasteiger partial charge < -0.3 is 14.2 Å². The normalized spacial score (nSPS) is 30.7. The summed E-state index contributed by atoms with van der Waals surface area (Å²) in [5, 5.41) is 1.25. The second kappa shape index (κ2) is 5.25. The average Bonchev–Trinajstić information content (AvgIpc) is 2.97. The van der Waals surface area contributed by atoms with Gasteiger partial charge in [0.2, 0.25) is 0 Å². The van der Waals surface area contributed by atoms with Gasteiger partial charge in [-0.05, 0) is 18.6 Å². The molecule has 3 aliphatic carbocycles. The Hall–Kier alpha value is -0.000000000000000153. The van der Waals surface area contributed by atoms with Gasteiger partial charge >= 0.3 is 0 Å². The molecule has 1 aromatic rings. The fraction of sp³-hybridized carbons (Fsp3) is 0.500. The summed E-state index contributed by atoms with van der Waals surface area (Å²) in [4.78, 5) is 0. The van der Waals surface area contributed by atoms with E-state index in [2.05, 4.69) is 6.08 Å². The van der Waals surface area contributed by atoms with Crippen molar-refractivity contribution in [1.29, 1.82) is 0 Å². The van der Waals surface area contributed by atoms with E-state index in [-0.39, 0.29) is 16.0 Å². The molecule has 1 fully saturated rings. The third kappa shape index (κ3) is 1.96. The number of benzene rings is 1. The summed E-state index contributed by atoms with van der Waals surface area (Å²) in [5.41, 5.74) is 1.82. The van der Waals surface area contributed by atoms with Crippen molar-refractivity contribution in [3.63, 3.8) is 0 Å². The molecule has 1 aliphatic heterocycles. The van der Waals surface area contributed by atoms with Crippen molar-refractivity contribution in [2.75, 3.05) is 20.3 Å². The van der Waals surface area contributed by atoms with E-state index >= 15 is 0 Å². The van der Waals surface area contributed by atoms with Crippen molar-refractivity contribution in [2.24, 2.45) is 0 Å². The summed E-state index contributed by atoms with van der Waals surface area (Å²) < 4.78 is 17.9. The first-order valence-corrected chi connectivity index (χ1v) is 8.77. The highest BCUT2D eigenvalue weighted by atomic mass is 35.5. The molecule has 2 unspecified atom stereocenters. The molecule has 0 N–H and O–H groups in total. The van der Waals surface area contributed by atoms with Crippen LogP contribution in [0.1, 0.15) is 30.4 Å². The Bertz CT molecular complexity index is 740. The highest BCUT2D eigenvalue weighted by molar-refractivity contribution is 6.52. The van der Waals surface area contributed by atoms with Crippen molar-refractivity contribution in [3.8, 4) is 0 Å². The van der Waals surface area contributed by atoms with Crippen LogP contribution in [0.2, 0.25) is 20.1 Å². The van der Waals surface area contributed by atoms with Crippen LogP contribution in [-0.2, 0) is 19.8 Å². The summed E-state index contributed by atoms with van der Waals surface area (Å²) in [6.07, 6.45) is 2.56. The molecule has 5 rings (SSSR count). The molecule has 23 heavy (non-hydrogen) atoms. The number of hydrogen-bond acceptors (Lipinski definition) is 3. The monoisotopic (exact) mass is 394 g/mol. The first-order valence-electron chi connectivity index (χ1n) is 7.25. The van der Waals surface area contributed by atoms with Gasteiger partial charge in [-0.25, -0.2) is 0 Å². The maximum atomic E-state index is 6.56. The molecule has 7 heteroatoms. The molecule has 2 bridgehead atoms. The third-order valence-electron chi connectivity index (χ3n) is 5.02. The van der Waals surface area contributed by atoms with Gasteiger partial charge in [-0.3, -0.25) is 0 Å². The minimum Gasteiger partial charge on any atom is -0.369 e. The molecular formula is C16H14Cl4O3. The average molecular weight is 396 g/mol. The van der Waals surface area contributed by atoms with Crippen molar-refractivity contribution in [2.45, 2.75) is 30.7 Å². The largest absolute Gasteiger partial charge is 0.369 e. The molecule has 4 aliphatic rings. The molecule has 1 spiro atoms. The molecular weight excluding hydrogens is 382 g/mol. The van der Waals surface area contributed by atoms with Crippen molar-refractivity contribution < 1.29 is 14.2 Å². The molecule has 0 radical (unpaired) electrons. The van der Waals surface area contributed by atoms with Crippen LogP contribution in [0.5, 0.6) is 0 Å². The Labute approximate surface area is 154 Å². The molecule has 2 atom stereocenters. The second-order valence-corrected chi connectivity index (χ2v) is 7.66. The first kappa shape index (κ1) is 16.5. The molecule has 0 saturated carbocycles. The van der Waals surface area contributed by atoms with Crippen LogP contribution in [0, 0.1) is 0 Å². The molecule has 124 valence electrons. The van der Waals surface area contributed by atoms with E-state index in [0.29, 0.717) is 29.7 Å². The van der Waals surface area contributed by atoms with Gasteiger partial charge in [-0.1, -0.05) is 52.0 Å². The lowest BCUT2D eigenvalue weighted by Gasteiger charge is -2.53. The van der Waals surface area contributed by atoms with Crippen molar-refractivity contribution >= 4 is 46.4 Å². The molecule has 3 nitrogen and oxygen atoms in total. The van der Waals surface area contributed by atoms with Gasteiger partial charge in [0.1, 0.15) is 5.60 Å². The zero-order valence-corrected chi connectivity index (χ0v) is 15.5. The third-order valence-corrected chi connectivity index (χ3v) is 6.84. The molecule has 1 aromatic carbocycles. The Morgan fingerprint density at radius 3 is 2.26 bits per heavy atom. The van der Waals surface area contributed by atoms with E-state index in [0.717, 1.165) is 16.7 Å². The van der Waals surface area contributed by atoms with Crippen molar-refractivity contribution in [3.05, 3.63) is 42.9 Å². The minimum atomic E-state index is -0.800. The second-order valence-electron chi connectivity index (χ2n) is 6.15. The van der Waals surface area contributed by atoms with Gasteiger partial charge in [0, 0.05) is 19.1 Å². The predicted octanol–water partition coefficient (Wildman–Crippen LogP) is 5.33. The quantitative estimate of drug-likeness (QED) is 0.365. The maximum Gasteiger partial charge on any atom is 0.182 e. The van der Waals surface area contributed by atoms with Crippen LogP contribution in [0.3, 0.4) is 0 Å². The number of methoxy groups -OCH3 is 1. The zero-order valence-electron chi connectivity index (χ0n) is 12.5. The van der Waals surface area contributed by atoms with Crippen LogP contribution in [-0.4, -0.2) is 26.1 Å².